The van der Waals surface area contributed by atoms with Crippen LogP contribution in [0.3, 0.4) is 0 Å². The summed E-state index contributed by atoms with van der Waals surface area (Å²) in [6.45, 7) is 3.95. The van der Waals surface area contributed by atoms with Crippen LogP contribution in [0.25, 0.3) is 5.65 Å². The topological polar surface area (TPSA) is 83.7 Å². The molecule has 0 radical (unpaired) electrons. The number of hydrogen-bond donors (Lipinski definition) is 2. The average molecular weight is 354 g/mol. The van der Waals surface area contributed by atoms with E-state index in [9.17, 15) is 9.59 Å². The van der Waals surface area contributed by atoms with E-state index >= 15 is 0 Å². The molecule has 0 unspecified atom stereocenters. The van der Waals surface area contributed by atoms with E-state index in [-0.39, 0.29) is 18.9 Å². The number of halogens is 1. The van der Waals surface area contributed by atoms with Gasteiger partial charge in [0.25, 0.3) is 5.91 Å². The Morgan fingerprint density at radius 1 is 1.48 bits per heavy atom. The summed E-state index contributed by atoms with van der Waals surface area (Å²) in [5.74, 6) is -1.25. The summed E-state index contributed by atoms with van der Waals surface area (Å²) in [5, 5.41) is 11.3. The maximum Gasteiger partial charge on any atom is 0.305 e. The molecule has 21 heavy (non-hydrogen) atoms. The van der Waals surface area contributed by atoms with E-state index < -0.39 is 5.97 Å². The molecule has 0 bridgehead atoms. The zero-order valence-corrected chi connectivity index (χ0v) is 13.4. The molecular formula is C14H16BrN3O3. The molecule has 0 saturated heterocycles. The molecule has 2 N–H and O–H groups in total. The van der Waals surface area contributed by atoms with Gasteiger partial charge in [0.1, 0.15) is 11.3 Å². The van der Waals surface area contributed by atoms with Gasteiger partial charge in [0.15, 0.2) is 0 Å². The number of carbonyl (C=O) groups excluding carboxylic acids is 1. The van der Waals surface area contributed by atoms with E-state index in [1.807, 2.05) is 19.9 Å². The summed E-state index contributed by atoms with van der Waals surface area (Å²) < 4.78 is 2.60. The van der Waals surface area contributed by atoms with Gasteiger partial charge in [-0.1, -0.05) is 6.92 Å². The largest absolute Gasteiger partial charge is 0.481 e. The lowest BCUT2D eigenvalue weighted by atomic mass is 10.2. The van der Waals surface area contributed by atoms with Crippen LogP contribution in [0.1, 0.15) is 35.1 Å². The van der Waals surface area contributed by atoms with Gasteiger partial charge < -0.3 is 10.4 Å². The molecule has 0 aliphatic heterocycles. The summed E-state index contributed by atoms with van der Waals surface area (Å²) in [6.07, 6.45) is 2.31. The first-order valence-corrected chi connectivity index (χ1v) is 7.40. The number of carboxylic acid groups (broad SMARTS) is 1. The number of nitrogens with one attached hydrogen (secondary N) is 1. The summed E-state index contributed by atoms with van der Waals surface area (Å²) in [7, 11) is 0. The Kier molecular flexibility index (Phi) is 4.62. The molecule has 1 amide bonds. The molecule has 6 nitrogen and oxygen atoms in total. The highest BCUT2D eigenvalue weighted by atomic mass is 79.9. The fraction of sp³-hybridized carbons (Fsp3) is 0.357. The standard InChI is InChI=1S/C14H16BrN3O3/c1-3-10-12(14(21)16-5-4-11(19)20)18-7-9(15)6-8(2)13(18)17-10/h6-7H,3-5H2,1-2H3,(H,16,21)(H,19,20). The van der Waals surface area contributed by atoms with Crippen LogP contribution >= 0.6 is 15.9 Å². The number of carboxylic acids is 1. The number of nitrogens with zero attached hydrogens (tertiary/aromatic N) is 2. The molecule has 0 aromatic carbocycles. The van der Waals surface area contributed by atoms with Gasteiger partial charge in [0.05, 0.1) is 12.1 Å². The number of hydrogen-bond acceptors (Lipinski definition) is 3. The van der Waals surface area contributed by atoms with Crippen LogP contribution < -0.4 is 5.32 Å². The molecule has 2 aromatic heterocycles. The lowest BCUT2D eigenvalue weighted by molar-refractivity contribution is -0.136. The van der Waals surface area contributed by atoms with Crippen molar-refractivity contribution in [2.24, 2.45) is 0 Å². The molecule has 7 heteroatoms. The highest BCUT2D eigenvalue weighted by molar-refractivity contribution is 9.10. The van der Waals surface area contributed by atoms with E-state index in [0.717, 1.165) is 15.7 Å². The lowest BCUT2D eigenvalue weighted by Crippen LogP contribution is -2.28. The lowest BCUT2D eigenvalue weighted by Gasteiger charge is -2.06. The second kappa shape index (κ2) is 6.26. The summed E-state index contributed by atoms with van der Waals surface area (Å²) in [6, 6.07) is 1.94. The average Bonchev–Trinajstić information content (AvgIpc) is 2.76. The number of imidazole rings is 1. The normalized spacial score (nSPS) is 10.8. The second-order valence-electron chi connectivity index (χ2n) is 4.70. The fourth-order valence-electron chi connectivity index (χ4n) is 2.17. The number of amides is 1. The van der Waals surface area contributed by atoms with Gasteiger partial charge in [-0.2, -0.15) is 0 Å². The third-order valence-electron chi connectivity index (χ3n) is 3.12. The Bertz CT molecular complexity index is 709. The minimum atomic E-state index is -0.942. The van der Waals surface area contributed by atoms with Crippen LogP contribution in [0.5, 0.6) is 0 Å². The quantitative estimate of drug-likeness (QED) is 0.862. The molecular weight excluding hydrogens is 338 g/mol. The highest BCUT2D eigenvalue weighted by Crippen LogP contribution is 2.21. The number of pyridine rings is 1. The fourth-order valence-corrected chi connectivity index (χ4v) is 2.72. The zero-order valence-electron chi connectivity index (χ0n) is 11.8. The van der Waals surface area contributed by atoms with Crippen LogP contribution in [-0.2, 0) is 11.2 Å². The number of aryl methyl sites for hydroxylation is 2. The molecule has 2 heterocycles. The van der Waals surface area contributed by atoms with Crippen LogP contribution in [-0.4, -0.2) is 32.9 Å². The van der Waals surface area contributed by atoms with Gasteiger partial charge >= 0.3 is 5.97 Å². The van der Waals surface area contributed by atoms with Crippen molar-refractivity contribution in [3.05, 3.63) is 33.7 Å². The van der Waals surface area contributed by atoms with Gasteiger partial charge in [-0.3, -0.25) is 14.0 Å². The van der Waals surface area contributed by atoms with E-state index in [1.54, 1.807) is 10.6 Å². The minimum absolute atomic E-state index is 0.0948. The Morgan fingerprint density at radius 2 is 2.19 bits per heavy atom. The minimum Gasteiger partial charge on any atom is -0.481 e. The zero-order chi connectivity index (χ0) is 15.6. The van der Waals surface area contributed by atoms with Gasteiger partial charge in [-0.15, -0.1) is 0 Å². The van der Waals surface area contributed by atoms with Gasteiger partial charge in [0, 0.05) is 17.2 Å². The van der Waals surface area contributed by atoms with E-state index in [2.05, 4.69) is 26.2 Å². The van der Waals surface area contributed by atoms with E-state index in [0.29, 0.717) is 17.8 Å². The maximum absolute atomic E-state index is 12.3. The third kappa shape index (κ3) is 3.24. The molecule has 2 rings (SSSR count). The van der Waals surface area contributed by atoms with E-state index in [1.165, 1.54) is 0 Å². The van der Waals surface area contributed by atoms with Crippen molar-refractivity contribution in [2.45, 2.75) is 26.7 Å². The monoisotopic (exact) mass is 353 g/mol. The molecule has 0 fully saturated rings. The van der Waals surface area contributed by atoms with Crippen LogP contribution in [0.2, 0.25) is 0 Å². The molecule has 112 valence electrons. The van der Waals surface area contributed by atoms with E-state index in [4.69, 9.17) is 5.11 Å². The first-order chi connectivity index (χ1) is 9.93. The predicted octanol–water partition coefficient (Wildman–Crippen LogP) is 2.17. The summed E-state index contributed by atoms with van der Waals surface area (Å²) in [4.78, 5) is 27.3. The maximum atomic E-state index is 12.3. The number of carbonyl (C=O) groups is 2. The summed E-state index contributed by atoms with van der Waals surface area (Å²) >= 11 is 3.41. The Balaban J connectivity index is 2.41. The third-order valence-corrected chi connectivity index (χ3v) is 3.55. The van der Waals surface area contributed by atoms with Crippen molar-refractivity contribution in [1.29, 1.82) is 0 Å². The Morgan fingerprint density at radius 3 is 2.81 bits per heavy atom. The number of rotatable bonds is 5. The molecule has 0 aliphatic rings. The smallest absolute Gasteiger partial charge is 0.305 e. The van der Waals surface area contributed by atoms with Crippen LogP contribution in [0.15, 0.2) is 16.7 Å². The van der Waals surface area contributed by atoms with Crippen molar-refractivity contribution >= 4 is 33.5 Å². The van der Waals surface area contributed by atoms with Gasteiger partial charge in [0.2, 0.25) is 0 Å². The molecule has 2 aromatic rings. The molecule has 0 aliphatic carbocycles. The van der Waals surface area contributed by atoms with Crippen molar-refractivity contribution in [1.82, 2.24) is 14.7 Å². The Labute approximate surface area is 130 Å². The Hall–Kier alpha value is -1.89. The molecule has 0 spiro atoms. The SMILES string of the molecule is CCc1nc2c(C)cc(Br)cn2c1C(=O)NCCC(=O)O. The first kappa shape index (κ1) is 15.5. The second-order valence-corrected chi connectivity index (χ2v) is 5.61. The van der Waals surface area contributed by atoms with Gasteiger partial charge in [-0.05, 0) is 40.9 Å². The summed E-state index contributed by atoms with van der Waals surface area (Å²) in [5.41, 5.74) is 2.86. The first-order valence-electron chi connectivity index (χ1n) is 6.61. The van der Waals surface area contributed by atoms with Crippen LogP contribution in [0.4, 0.5) is 0 Å². The number of aromatic nitrogens is 2. The highest BCUT2D eigenvalue weighted by Gasteiger charge is 2.19. The number of fused-ring (bicyclic) bond motifs is 1. The number of aliphatic carboxylic acids is 1. The van der Waals surface area contributed by atoms with Crippen LogP contribution in [0, 0.1) is 6.92 Å². The van der Waals surface area contributed by atoms with Crippen molar-refractivity contribution in [3.8, 4) is 0 Å². The van der Waals surface area contributed by atoms with Gasteiger partial charge in [-0.25, -0.2) is 4.98 Å². The molecule has 0 atom stereocenters. The van der Waals surface area contributed by atoms with Crippen molar-refractivity contribution in [3.63, 3.8) is 0 Å². The molecule has 0 saturated carbocycles. The predicted molar refractivity (Wildman–Crippen MR) is 81.6 cm³/mol. The van der Waals surface area contributed by atoms with Crippen molar-refractivity contribution in [2.75, 3.05) is 6.54 Å². The van der Waals surface area contributed by atoms with Crippen molar-refractivity contribution < 1.29 is 14.7 Å².